The molecule has 0 saturated carbocycles. The summed E-state index contributed by atoms with van der Waals surface area (Å²) in [6.07, 6.45) is 2.86. The predicted molar refractivity (Wildman–Crippen MR) is 62.1 cm³/mol. The van der Waals surface area contributed by atoms with E-state index in [9.17, 15) is 9.18 Å². The Morgan fingerprint density at radius 2 is 2.06 bits per heavy atom. The molecule has 0 atom stereocenters. The molecule has 1 heterocycles. The van der Waals surface area contributed by atoms with Gasteiger partial charge in [0, 0.05) is 24.7 Å². The minimum Gasteiger partial charge on any atom is -0.371 e. The largest absolute Gasteiger partial charge is 0.371 e. The molecule has 2 rings (SSSR count). The van der Waals surface area contributed by atoms with Crippen molar-refractivity contribution in [1.29, 1.82) is 0 Å². The van der Waals surface area contributed by atoms with Crippen LogP contribution in [0.4, 0.5) is 10.1 Å². The third-order valence-corrected chi connectivity index (χ3v) is 3.23. The summed E-state index contributed by atoms with van der Waals surface area (Å²) >= 11 is 0. The Balaban J connectivity index is 2.11. The SMILES string of the molecule is Cc1cc(F)ccc1N1CCC(C=O)CC1. The maximum absolute atomic E-state index is 13.0. The number of anilines is 1. The molecule has 1 aromatic carbocycles. The summed E-state index contributed by atoms with van der Waals surface area (Å²) in [5.41, 5.74) is 2.05. The second-order valence-electron chi connectivity index (χ2n) is 4.39. The molecule has 3 heteroatoms. The van der Waals surface area contributed by atoms with Crippen molar-refractivity contribution in [3.05, 3.63) is 29.6 Å². The van der Waals surface area contributed by atoms with Gasteiger partial charge in [-0.2, -0.15) is 0 Å². The minimum atomic E-state index is -0.191. The van der Waals surface area contributed by atoms with Crippen molar-refractivity contribution in [3.8, 4) is 0 Å². The van der Waals surface area contributed by atoms with Crippen molar-refractivity contribution >= 4 is 12.0 Å². The van der Waals surface area contributed by atoms with Crippen molar-refractivity contribution in [2.75, 3.05) is 18.0 Å². The number of nitrogens with zero attached hydrogens (tertiary/aromatic N) is 1. The molecule has 1 fully saturated rings. The van der Waals surface area contributed by atoms with Gasteiger partial charge >= 0.3 is 0 Å². The van der Waals surface area contributed by atoms with E-state index in [2.05, 4.69) is 4.90 Å². The zero-order valence-electron chi connectivity index (χ0n) is 9.45. The Hall–Kier alpha value is -1.38. The topological polar surface area (TPSA) is 20.3 Å². The van der Waals surface area contributed by atoms with E-state index in [1.54, 1.807) is 6.07 Å². The predicted octanol–water partition coefficient (Wildman–Crippen LogP) is 2.55. The van der Waals surface area contributed by atoms with Crippen LogP contribution < -0.4 is 4.90 Å². The number of carbonyl (C=O) groups excluding carboxylic acids is 1. The molecular weight excluding hydrogens is 205 g/mol. The highest BCUT2D eigenvalue weighted by atomic mass is 19.1. The maximum atomic E-state index is 13.0. The van der Waals surface area contributed by atoms with E-state index < -0.39 is 0 Å². The first-order chi connectivity index (χ1) is 7.70. The Bertz CT molecular complexity index is 384. The van der Waals surface area contributed by atoms with Crippen molar-refractivity contribution < 1.29 is 9.18 Å². The van der Waals surface area contributed by atoms with Gasteiger partial charge in [-0.1, -0.05) is 0 Å². The summed E-state index contributed by atoms with van der Waals surface area (Å²) in [4.78, 5) is 12.9. The van der Waals surface area contributed by atoms with E-state index >= 15 is 0 Å². The average molecular weight is 221 g/mol. The van der Waals surface area contributed by atoms with Gasteiger partial charge in [-0.05, 0) is 43.5 Å². The van der Waals surface area contributed by atoms with Crippen molar-refractivity contribution in [2.45, 2.75) is 19.8 Å². The molecule has 0 radical (unpaired) electrons. The van der Waals surface area contributed by atoms with Crippen LogP contribution in [0.2, 0.25) is 0 Å². The van der Waals surface area contributed by atoms with Gasteiger partial charge in [0.05, 0.1) is 0 Å². The second kappa shape index (κ2) is 4.64. The monoisotopic (exact) mass is 221 g/mol. The zero-order valence-corrected chi connectivity index (χ0v) is 9.45. The van der Waals surface area contributed by atoms with Gasteiger partial charge in [0.2, 0.25) is 0 Å². The number of carbonyl (C=O) groups is 1. The normalized spacial score (nSPS) is 17.5. The molecule has 1 aliphatic heterocycles. The minimum absolute atomic E-state index is 0.191. The number of benzene rings is 1. The molecule has 86 valence electrons. The van der Waals surface area contributed by atoms with Crippen LogP contribution in [0, 0.1) is 18.7 Å². The molecule has 0 N–H and O–H groups in total. The van der Waals surface area contributed by atoms with Crippen LogP contribution in [0.3, 0.4) is 0 Å². The van der Waals surface area contributed by atoms with Gasteiger partial charge in [0.25, 0.3) is 0 Å². The van der Waals surface area contributed by atoms with E-state index in [4.69, 9.17) is 0 Å². The average Bonchev–Trinajstić information content (AvgIpc) is 2.29. The molecule has 0 aliphatic carbocycles. The highest BCUT2D eigenvalue weighted by molar-refractivity contribution is 5.57. The van der Waals surface area contributed by atoms with Crippen molar-refractivity contribution in [2.24, 2.45) is 5.92 Å². The van der Waals surface area contributed by atoms with Crippen LogP contribution in [-0.2, 0) is 4.79 Å². The van der Waals surface area contributed by atoms with Gasteiger partial charge in [-0.3, -0.25) is 0 Å². The number of hydrogen-bond donors (Lipinski definition) is 0. The van der Waals surface area contributed by atoms with E-state index in [0.717, 1.165) is 43.5 Å². The first-order valence-electron chi connectivity index (χ1n) is 5.67. The molecular formula is C13H16FNO. The summed E-state index contributed by atoms with van der Waals surface area (Å²) in [6, 6.07) is 4.88. The second-order valence-corrected chi connectivity index (χ2v) is 4.39. The number of hydrogen-bond acceptors (Lipinski definition) is 2. The number of aryl methyl sites for hydroxylation is 1. The number of halogens is 1. The van der Waals surface area contributed by atoms with Gasteiger partial charge < -0.3 is 9.69 Å². The summed E-state index contributed by atoms with van der Waals surface area (Å²) in [5, 5.41) is 0. The Kier molecular flexibility index (Phi) is 3.22. The summed E-state index contributed by atoms with van der Waals surface area (Å²) in [7, 11) is 0. The highest BCUT2D eigenvalue weighted by Gasteiger charge is 2.19. The molecule has 1 aromatic rings. The number of rotatable bonds is 2. The number of aldehydes is 1. The highest BCUT2D eigenvalue weighted by Crippen LogP contribution is 2.25. The third kappa shape index (κ3) is 2.23. The molecule has 1 saturated heterocycles. The first-order valence-corrected chi connectivity index (χ1v) is 5.67. The van der Waals surface area contributed by atoms with E-state index in [0.29, 0.717) is 0 Å². The fraction of sp³-hybridized carbons (Fsp3) is 0.462. The van der Waals surface area contributed by atoms with Crippen LogP contribution in [-0.4, -0.2) is 19.4 Å². The quantitative estimate of drug-likeness (QED) is 0.715. The Morgan fingerprint density at radius 3 is 2.62 bits per heavy atom. The molecule has 0 bridgehead atoms. The lowest BCUT2D eigenvalue weighted by Gasteiger charge is -2.32. The summed E-state index contributed by atoms with van der Waals surface area (Å²) < 4.78 is 13.0. The van der Waals surface area contributed by atoms with Gasteiger partial charge in [-0.25, -0.2) is 4.39 Å². The molecule has 0 amide bonds. The van der Waals surface area contributed by atoms with Crippen molar-refractivity contribution in [3.63, 3.8) is 0 Å². The molecule has 0 aromatic heterocycles. The third-order valence-electron chi connectivity index (χ3n) is 3.23. The zero-order chi connectivity index (χ0) is 11.5. The molecule has 16 heavy (non-hydrogen) atoms. The van der Waals surface area contributed by atoms with Crippen LogP contribution in [0.25, 0.3) is 0 Å². The van der Waals surface area contributed by atoms with Crippen molar-refractivity contribution in [1.82, 2.24) is 0 Å². The fourth-order valence-corrected chi connectivity index (χ4v) is 2.25. The van der Waals surface area contributed by atoms with E-state index in [1.165, 1.54) is 6.07 Å². The maximum Gasteiger partial charge on any atom is 0.123 e. The van der Waals surface area contributed by atoms with Crippen LogP contribution >= 0.6 is 0 Å². The Labute approximate surface area is 95.1 Å². The van der Waals surface area contributed by atoms with Gasteiger partial charge in [0.1, 0.15) is 12.1 Å². The van der Waals surface area contributed by atoms with Crippen LogP contribution in [0.5, 0.6) is 0 Å². The van der Waals surface area contributed by atoms with E-state index in [-0.39, 0.29) is 11.7 Å². The smallest absolute Gasteiger partial charge is 0.123 e. The number of piperidine rings is 1. The fourth-order valence-electron chi connectivity index (χ4n) is 2.25. The first kappa shape index (κ1) is 11.1. The summed E-state index contributed by atoms with van der Waals surface area (Å²) in [6.45, 7) is 3.69. The molecule has 1 aliphatic rings. The lowest BCUT2D eigenvalue weighted by Crippen LogP contribution is -2.34. The van der Waals surface area contributed by atoms with Crippen LogP contribution in [0.1, 0.15) is 18.4 Å². The molecule has 2 nitrogen and oxygen atoms in total. The summed E-state index contributed by atoms with van der Waals surface area (Å²) in [5.74, 6) is 0.0148. The Morgan fingerprint density at radius 1 is 1.38 bits per heavy atom. The molecule has 0 spiro atoms. The van der Waals surface area contributed by atoms with Crippen LogP contribution in [0.15, 0.2) is 18.2 Å². The van der Waals surface area contributed by atoms with E-state index in [1.807, 2.05) is 13.0 Å². The standard InChI is InChI=1S/C13H16FNO/c1-10-8-12(14)2-3-13(10)15-6-4-11(9-16)5-7-15/h2-3,8-9,11H,4-7H2,1H3. The van der Waals surface area contributed by atoms with Gasteiger partial charge in [0.15, 0.2) is 0 Å². The lowest BCUT2D eigenvalue weighted by molar-refractivity contribution is -0.111. The van der Waals surface area contributed by atoms with Gasteiger partial charge in [-0.15, -0.1) is 0 Å². The molecule has 0 unspecified atom stereocenters. The lowest BCUT2D eigenvalue weighted by atomic mass is 9.97.